The molecule has 0 saturated carbocycles. The van der Waals surface area contributed by atoms with Crippen molar-refractivity contribution in [2.75, 3.05) is 38.7 Å². The fourth-order valence-electron chi connectivity index (χ4n) is 4.01. The molecule has 0 bridgehead atoms. The number of hydrogen-bond acceptors (Lipinski definition) is 8. The van der Waals surface area contributed by atoms with Crippen molar-refractivity contribution in [3.8, 4) is 5.75 Å². The van der Waals surface area contributed by atoms with Crippen LogP contribution in [-0.4, -0.2) is 66.7 Å². The fraction of sp³-hybridized carbons (Fsp3) is 0.276. The van der Waals surface area contributed by atoms with Crippen LogP contribution in [0.3, 0.4) is 0 Å². The van der Waals surface area contributed by atoms with Gasteiger partial charge in [0.05, 0.1) is 18.2 Å². The number of nitrogens with one attached hydrogen (secondary N) is 1. The maximum absolute atomic E-state index is 13.4. The molecule has 1 aliphatic rings. The summed E-state index contributed by atoms with van der Waals surface area (Å²) in [5, 5.41) is 3.27. The minimum Gasteiger partial charge on any atom is -0.482 e. The molecule has 1 aliphatic heterocycles. The molecule has 40 heavy (non-hydrogen) atoms. The molecule has 0 saturated heterocycles. The van der Waals surface area contributed by atoms with E-state index in [-0.39, 0.29) is 54.0 Å². The summed E-state index contributed by atoms with van der Waals surface area (Å²) in [7, 11) is 1.97. The van der Waals surface area contributed by atoms with Gasteiger partial charge in [0.15, 0.2) is 12.4 Å². The number of aliphatic imine (C=N–C) groups is 1. The van der Waals surface area contributed by atoms with E-state index in [1.807, 2.05) is 19.2 Å². The van der Waals surface area contributed by atoms with Crippen LogP contribution in [0.15, 0.2) is 59.7 Å². The number of pyridine rings is 1. The van der Waals surface area contributed by atoms with Crippen LogP contribution in [0.25, 0.3) is 0 Å². The quantitative estimate of drug-likeness (QED) is 0.253. The summed E-state index contributed by atoms with van der Waals surface area (Å²) < 4.78 is 10.6. The van der Waals surface area contributed by atoms with Crippen molar-refractivity contribution in [1.29, 1.82) is 0 Å². The van der Waals surface area contributed by atoms with Gasteiger partial charge in [0.25, 0.3) is 5.91 Å². The Bertz CT molecular complexity index is 1410. The van der Waals surface area contributed by atoms with Crippen molar-refractivity contribution in [1.82, 2.24) is 9.88 Å². The van der Waals surface area contributed by atoms with E-state index >= 15 is 0 Å². The molecule has 1 aromatic heterocycles. The van der Waals surface area contributed by atoms with Crippen LogP contribution >= 0.6 is 23.2 Å². The lowest BCUT2D eigenvalue weighted by Gasteiger charge is -2.16. The van der Waals surface area contributed by atoms with Gasteiger partial charge in [0.2, 0.25) is 0 Å². The van der Waals surface area contributed by atoms with Crippen molar-refractivity contribution in [2.24, 2.45) is 4.99 Å². The minimum atomic E-state index is -0.596. The Kier molecular flexibility index (Phi) is 10.6. The number of hydrogen-bond donors (Lipinski definition) is 1. The first-order chi connectivity index (χ1) is 18.7. The number of anilines is 1. The first-order valence-electron chi connectivity index (χ1n) is 12.2. The molecule has 0 unspecified atom stereocenters. The Morgan fingerprint density at radius 2 is 1.80 bits per heavy atom. The lowest BCUT2D eigenvalue weighted by molar-refractivity contribution is -0.145. The van der Waals surface area contributed by atoms with Crippen molar-refractivity contribution in [3.05, 3.63) is 87.0 Å². The largest absolute Gasteiger partial charge is 0.482 e. The second-order valence-corrected chi connectivity index (χ2v) is 9.52. The van der Waals surface area contributed by atoms with Crippen LogP contribution in [0, 0.1) is 0 Å². The van der Waals surface area contributed by atoms with Gasteiger partial charge in [-0.2, -0.15) is 0 Å². The minimum absolute atomic E-state index is 0. The molecular weight excluding hydrogens is 555 g/mol. The van der Waals surface area contributed by atoms with Crippen LogP contribution in [0.1, 0.15) is 46.2 Å². The molecule has 2 heterocycles. The Morgan fingerprint density at radius 1 is 1.05 bits per heavy atom. The predicted octanol–water partition coefficient (Wildman–Crippen LogP) is 5.34. The van der Waals surface area contributed by atoms with E-state index in [2.05, 4.69) is 20.2 Å². The van der Waals surface area contributed by atoms with Crippen LogP contribution < -0.4 is 10.1 Å². The number of esters is 1. The molecule has 3 aromatic rings. The van der Waals surface area contributed by atoms with Gasteiger partial charge in [0.1, 0.15) is 17.4 Å². The van der Waals surface area contributed by atoms with Gasteiger partial charge >= 0.3 is 5.97 Å². The van der Waals surface area contributed by atoms with Crippen LogP contribution in [0.5, 0.6) is 5.75 Å². The molecule has 1 N–H and O–H groups in total. The highest BCUT2D eigenvalue weighted by Gasteiger charge is 2.23. The molecule has 210 valence electrons. The number of likely N-dealkylation sites (N-methyl/N-ethyl adjacent to an activating group) is 1. The van der Waals surface area contributed by atoms with Crippen molar-refractivity contribution in [3.63, 3.8) is 0 Å². The molecular formula is C29H30Cl2N4O5. The number of carbonyl (C=O) groups excluding carboxylic acids is 3. The number of ether oxygens (including phenoxy) is 2. The van der Waals surface area contributed by atoms with Gasteiger partial charge in [0, 0.05) is 53.5 Å². The average Bonchev–Trinajstić information content (AvgIpc) is 3.35. The van der Waals surface area contributed by atoms with E-state index < -0.39 is 18.5 Å². The van der Waals surface area contributed by atoms with Crippen molar-refractivity contribution in [2.45, 2.75) is 20.8 Å². The average molecular weight is 585 g/mol. The number of halogens is 2. The van der Waals surface area contributed by atoms with E-state index in [1.54, 1.807) is 31.2 Å². The summed E-state index contributed by atoms with van der Waals surface area (Å²) in [4.78, 5) is 49.3. The third-order valence-corrected chi connectivity index (χ3v) is 6.34. The van der Waals surface area contributed by atoms with Gasteiger partial charge in [-0.3, -0.25) is 14.6 Å². The monoisotopic (exact) mass is 584 g/mol. The molecule has 1 amide bonds. The lowest BCUT2D eigenvalue weighted by Crippen LogP contribution is -2.23. The predicted molar refractivity (Wildman–Crippen MR) is 156 cm³/mol. The molecule has 0 radical (unpaired) electrons. The molecule has 9 nitrogen and oxygen atoms in total. The second kappa shape index (κ2) is 13.9. The summed E-state index contributed by atoms with van der Waals surface area (Å²) in [6.07, 6.45) is 1.21. The van der Waals surface area contributed by atoms with Crippen LogP contribution in [0.2, 0.25) is 10.0 Å². The Balaban J connectivity index is 0.00000441. The smallest absolute Gasteiger partial charge is 0.344 e. The van der Waals surface area contributed by atoms with Crippen molar-refractivity contribution >= 4 is 52.5 Å². The first-order valence-corrected chi connectivity index (χ1v) is 12.9. The Hall–Kier alpha value is -3.95. The van der Waals surface area contributed by atoms with Gasteiger partial charge < -0.3 is 19.7 Å². The zero-order valence-electron chi connectivity index (χ0n) is 21.4. The number of aromatic nitrogens is 1. The van der Waals surface area contributed by atoms with Gasteiger partial charge in [-0.15, -0.1) is 0 Å². The summed E-state index contributed by atoms with van der Waals surface area (Å²) in [6, 6.07) is 13.1. The van der Waals surface area contributed by atoms with Crippen LogP contribution in [-0.2, 0) is 16.0 Å². The SMILES string of the molecule is C.CCOC(=O)COc1cc(Cl)cc(C(=O)Nc2ccc(Cl)cn2)c1CC(=O)c1ccc(C2=NCCN2C)cc1. The number of amides is 1. The summed E-state index contributed by atoms with van der Waals surface area (Å²) in [6.45, 7) is 3.02. The summed E-state index contributed by atoms with van der Waals surface area (Å²) in [5.74, 6) is -0.167. The third-order valence-electron chi connectivity index (χ3n) is 5.90. The molecule has 11 heteroatoms. The van der Waals surface area contributed by atoms with Gasteiger partial charge in [-0.05, 0) is 31.2 Å². The second-order valence-electron chi connectivity index (χ2n) is 8.64. The standard InChI is InChI=1S/C28H26Cl2N4O5.CH4/c1-3-38-26(36)16-39-24-13-20(30)12-22(28(37)33-25-9-8-19(29)15-32-25)21(24)14-23(35)17-4-6-18(7-5-17)27-31-10-11-34(27)2;/h4-9,12-13,15H,3,10-11,14,16H2,1-2H3,(H,32,33,37);1H4. The van der Waals surface area contributed by atoms with Gasteiger partial charge in [-0.25, -0.2) is 9.78 Å². The molecule has 0 aliphatic carbocycles. The highest BCUT2D eigenvalue weighted by atomic mass is 35.5. The summed E-state index contributed by atoms with van der Waals surface area (Å²) >= 11 is 12.2. The van der Waals surface area contributed by atoms with Gasteiger partial charge in [-0.1, -0.05) is 54.9 Å². The topological polar surface area (TPSA) is 110 Å². The maximum Gasteiger partial charge on any atom is 0.344 e. The van der Waals surface area contributed by atoms with Crippen LogP contribution in [0.4, 0.5) is 5.82 Å². The molecule has 2 aromatic carbocycles. The van der Waals surface area contributed by atoms with E-state index in [9.17, 15) is 14.4 Å². The lowest BCUT2D eigenvalue weighted by atomic mass is 9.96. The van der Waals surface area contributed by atoms with E-state index in [0.29, 0.717) is 10.6 Å². The third kappa shape index (κ3) is 7.58. The Morgan fingerprint density at radius 3 is 2.42 bits per heavy atom. The number of nitrogens with zero attached hydrogens (tertiary/aromatic N) is 3. The first kappa shape index (κ1) is 30.6. The molecule has 0 spiro atoms. The highest BCUT2D eigenvalue weighted by Crippen LogP contribution is 2.30. The zero-order chi connectivity index (χ0) is 27.9. The normalized spacial score (nSPS) is 12.3. The number of rotatable bonds is 10. The van der Waals surface area contributed by atoms with E-state index in [1.165, 1.54) is 18.3 Å². The Labute approximate surface area is 243 Å². The number of benzene rings is 2. The molecule has 0 atom stereocenters. The van der Waals surface area contributed by atoms with E-state index in [0.717, 1.165) is 24.5 Å². The number of ketones is 1. The number of Topliss-reactive ketones (excluding diaryl/α,β-unsaturated/α-hetero) is 1. The maximum atomic E-state index is 13.4. The van der Waals surface area contributed by atoms with E-state index in [4.69, 9.17) is 32.7 Å². The number of carbonyl (C=O) groups is 3. The molecule has 4 rings (SSSR count). The summed E-state index contributed by atoms with van der Waals surface area (Å²) in [5.41, 5.74) is 1.72. The zero-order valence-corrected chi connectivity index (χ0v) is 22.9. The number of amidine groups is 1. The molecule has 0 fully saturated rings. The fourth-order valence-corrected chi connectivity index (χ4v) is 4.33. The van der Waals surface area contributed by atoms with Crippen molar-refractivity contribution < 1.29 is 23.9 Å². The highest BCUT2D eigenvalue weighted by molar-refractivity contribution is 6.31.